The third kappa shape index (κ3) is 3.02. The molecule has 2 aromatic rings. The molecule has 0 atom stereocenters. The lowest BCUT2D eigenvalue weighted by atomic mass is 10.0. The van der Waals surface area contributed by atoms with Crippen molar-refractivity contribution in [2.24, 2.45) is 5.92 Å². The Labute approximate surface area is 115 Å². The van der Waals surface area contributed by atoms with Crippen LogP contribution in [0.15, 0.2) is 18.5 Å². The molecule has 0 aliphatic rings. The highest BCUT2D eigenvalue weighted by Gasteiger charge is 2.34. The number of hydrogen-bond acceptors (Lipinski definition) is 3. The smallest absolute Gasteiger partial charge is 0.368 e. The maximum Gasteiger partial charge on any atom is 0.435 e. The molecule has 1 N–H and O–H groups in total. The van der Waals surface area contributed by atoms with Gasteiger partial charge in [0.25, 0.3) is 0 Å². The fourth-order valence-electron chi connectivity index (χ4n) is 2.02. The quantitative estimate of drug-likeness (QED) is 0.913. The molecule has 110 valence electrons. The van der Waals surface area contributed by atoms with Gasteiger partial charge in [-0.2, -0.15) is 18.3 Å². The van der Waals surface area contributed by atoms with E-state index in [9.17, 15) is 13.2 Å². The predicted molar refractivity (Wildman–Crippen MR) is 70.6 cm³/mol. The molecule has 2 heterocycles. The first kappa shape index (κ1) is 14.6. The minimum Gasteiger partial charge on any atom is -0.368 e. The lowest BCUT2D eigenvalue weighted by molar-refractivity contribution is -0.141. The van der Waals surface area contributed by atoms with Gasteiger partial charge >= 0.3 is 6.18 Å². The molecule has 2 rings (SSSR count). The van der Waals surface area contributed by atoms with Crippen LogP contribution in [-0.2, 0) is 6.18 Å². The van der Waals surface area contributed by atoms with Gasteiger partial charge in [-0.05, 0) is 5.92 Å². The highest BCUT2D eigenvalue weighted by Crippen LogP contribution is 2.30. The number of rotatable bonds is 5. The van der Waals surface area contributed by atoms with E-state index >= 15 is 0 Å². The van der Waals surface area contributed by atoms with Crippen LogP contribution in [0.25, 0.3) is 5.52 Å². The molecule has 0 spiro atoms. The molecule has 0 aliphatic heterocycles. The van der Waals surface area contributed by atoms with Gasteiger partial charge in [0.2, 0.25) is 0 Å². The predicted octanol–water partition coefficient (Wildman–Crippen LogP) is 3.60. The van der Waals surface area contributed by atoms with Crippen LogP contribution in [0.1, 0.15) is 32.4 Å². The second-order valence-corrected chi connectivity index (χ2v) is 4.70. The van der Waals surface area contributed by atoms with Gasteiger partial charge in [0.15, 0.2) is 11.5 Å². The first-order valence-corrected chi connectivity index (χ1v) is 6.61. The van der Waals surface area contributed by atoms with E-state index in [2.05, 4.69) is 29.2 Å². The number of alkyl halides is 3. The normalized spacial score (nSPS) is 12.3. The summed E-state index contributed by atoms with van der Waals surface area (Å²) in [6, 6.07) is 1.02. The average Bonchev–Trinajstić information content (AvgIpc) is 2.84. The summed E-state index contributed by atoms with van der Waals surface area (Å²) in [5, 5.41) is 6.64. The van der Waals surface area contributed by atoms with E-state index in [4.69, 9.17) is 0 Å². The first-order valence-electron chi connectivity index (χ1n) is 6.61. The molecule has 0 amide bonds. The van der Waals surface area contributed by atoms with Crippen LogP contribution < -0.4 is 5.32 Å². The van der Waals surface area contributed by atoms with Crippen LogP contribution in [0.5, 0.6) is 0 Å². The molecule has 0 radical (unpaired) electrons. The SMILES string of the molecule is CCC(CC)CNc1nccn2nc(C(F)(F)F)cc12. The summed E-state index contributed by atoms with van der Waals surface area (Å²) in [5.41, 5.74) is -0.568. The van der Waals surface area contributed by atoms with Gasteiger partial charge in [0.05, 0.1) is 0 Å². The maximum absolute atomic E-state index is 12.7. The summed E-state index contributed by atoms with van der Waals surface area (Å²) in [7, 11) is 0. The van der Waals surface area contributed by atoms with Gasteiger partial charge in [-0.1, -0.05) is 26.7 Å². The summed E-state index contributed by atoms with van der Waals surface area (Å²) in [6.07, 6.45) is 0.431. The van der Waals surface area contributed by atoms with E-state index in [0.717, 1.165) is 18.9 Å². The zero-order chi connectivity index (χ0) is 14.8. The highest BCUT2D eigenvalue weighted by molar-refractivity contribution is 5.67. The van der Waals surface area contributed by atoms with E-state index in [0.29, 0.717) is 23.8 Å². The van der Waals surface area contributed by atoms with Crippen molar-refractivity contribution in [1.82, 2.24) is 14.6 Å². The highest BCUT2D eigenvalue weighted by atomic mass is 19.4. The molecule has 0 saturated carbocycles. The Hall–Kier alpha value is -1.79. The Kier molecular flexibility index (Phi) is 4.15. The van der Waals surface area contributed by atoms with Crippen LogP contribution in [-0.4, -0.2) is 21.1 Å². The molecule has 7 heteroatoms. The molecule has 0 aromatic carbocycles. The Morgan fingerprint density at radius 1 is 1.30 bits per heavy atom. The average molecular weight is 286 g/mol. The topological polar surface area (TPSA) is 42.2 Å². The van der Waals surface area contributed by atoms with Crippen molar-refractivity contribution in [3.05, 3.63) is 24.2 Å². The molecular weight excluding hydrogens is 269 g/mol. The molecule has 0 saturated heterocycles. The van der Waals surface area contributed by atoms with Gasteiger partial charge in [0.1, 0.15) is 5.52 Å². The van der Waals surface area contributed by atoms with Crippen molar-refractivity contribution < 1.29 is 13.2 Å². The lowest BCUT2D eigenvalue weighted by Crippen LogP contribution is -2.14. The van der Waals surface area contributed by atoms with E-state index < -0.39 is 11.9 Å². The molecular formula is C13H17F3N4. The molecule has 20 heavy (non-hydrogen) atoms. The third-order valence-corrected chi connectivity index (χ3v) is 3.39. The van der Waals surface area contributed by atoms with Crippen molar-refractivity contribution >= 4 is 11.3 Å². The Bertz CT molecular complexity index is 572. The molecule has 0 unspecified atom stereocenters. The summed E-state index contributed by atoms with van der Waals surface area (Å²) in [6.45, 7) is 4.86. The number of halogens is 3. The van der Waals surface area contributed by atoms with E-state index in [1.54, 1.807) is 0 Å². The Morgan fingerprint density at radius 3 is 2.60 bits per heavy atom. The minimum absolute atomic E-state index is 0.339. The second kappa shape index (κ2) is 5.68. The number of aromatic nitrogens is 3. The molecule has 2 aromatic heterocycles. The van der Waals surface area contributed by atoms with Gasteiger partial charge in [-0.15, -0.1) is 0 Å². The number of nitrogens with one attached hydrogen (secondary N) is 1. The van der Waals surface area contributed by atoms with Crippen LogP contribution >= 0.6 is 0 Å². The van der Waals surface area contributed by atoms with Crippen LogP contribution in [0.2, 0.25) is 0 Å². The van der Waals surface area contributed by atoms with Crippen LogP contribution in [0, 0.1) is 5.92 Å². The summed E-state index contributed by atoms with van der Waals surface area (Å²) < 4.78 is 39.2. The van der Waals surface area contributed by atoms with E-state index in [-0.39, 0.29) is 0 Å². The van der Waals surface area contributed by atoms with Crippen molar-refractivity contribution in [3.63, 3.8) is 0 Å². The molecule has 4 nitrogen and oxygen atoms in total. The van der Waals surface area contributed by atoms with E-state index in [1.165, 1.54) is 16.9 Å². The van der Waals surface area contributed by atoms with Crippen molar-refractivity contribution in [1.29, 1.82) is 0 Å². The van der Waals surface area contributed by atoms with Crippen molar-refractivity contribution in [2.75, 3.05) is 11.9 Å². The Balaban J connectivity index is 2.27. The van der Waals surface area contributed by atoms with Gasteiger partial charge in [-0.25, -0.2) is 9.50 Å². The van der Waals surface area contributed by atoms with Crippen LogP contribution in [0.3, 0.4) is 0 Å². The summed E-state index contributed by atoms with van der Waals surface area (Å²) in [5.74, 6) is 0.907. The fraction of sp³-hybridized carbons (Fsp3) is 0.538. The van der Waals surface area contributed by atoms with Crippen molar-refractivity contribution in [2.45, 2.75) is 32.9 Å². The zero-order valence-electron chi connectivity index (χ0n) is 11.4. The standard InChI is InChI=1S/C13H17F3N4/c1-3-9(4-2)8-18-12-10-7-11(13(14,15)16)19-20(10)6-5-17-12/h5-7,9H,3-4,8H2,1-2H3,(H,17,18). The summed E-state index contributed by atoms with van der Waals surface area (Å²) in [4.78, 5) is 4.10. The number of anilines is 1. The van der Waals surface area contributed by atoms with Gasteiger partial charge in [0, 0.05) is 25.0 Å². The van der Waals surface area contributed by atoms with Gasteiger partial charge in [-0.3, -0.25) is 0 Å². The molecule has 0 fully saturated rings. The van der Waals surface area contributed by atoms with Crippen LogP contribution in [0.4, 0.5) is 19.0 Å². The molecule has 0 aliphatic carbocycles. The van der Waals surface area contributed by atoms with Crippen molar-refractivity contribution in [3.8, 4) is 0 Å². The Morgan fingerprint density at radius 2 is 2.00 bits per heavy atom. The monoisotopic (exact) mass is 286 g/mol. The first-order chi connectivity index (χ1) is 9.45. The van der Waals surface area contributed by atoms with E-state index in [1.807, 2.05) is 0 Å². The molecule has 0 bridgehead atoms. The zero-order valence-corrected chi connectivity index (χ0v) is 11.4. The summed E-state index contributed by atoms with van der Waals surface area (Å²) >= 11 is 0. The maximum atomic E-state index is 12.7. The van der Waals surface area contributed by atoms with Gasteiger partial charge < -0.3 is 5.32 Å². The second-order valence-electron chi connectivity index (χ2n) is 4.70. The number of nitrogens with zero attached hydrogens (tertiary/aromatic N) is 3. The minimum atomic E-state index is -4.45. The third-order valence-electron chi connectivity index (χ3n) is 3.39. The number of hydrogen-bond donors (Lipinski definition) is 1. The fourth-order valence-corrected chi connectivity index (χ4v) is 2.02. The lowest BCUT2D eigenvalue weighted by Gasteiger charge is -2.14. The largest absolute Gasteiger partial charge is 0.435 e. The number of fused-ring (bicyclic) bond motifs is 1.